The van der Waals surface area contributed by atoms with E-state index in [9.17, 15) is 9.90 Å². The average molecular weight is 470 g/mol. The molecule has 174 valence electrons. The van der Waals surface area contributed by atoms with E-state index in [4.69, 9.17) is 9.47 Å². The number of carbonyl (C=O) groups is 1. The van der Waals surface area contributed by atoms with Gasteiger partial charge in [0.15, 0.2) is 6.29 Å². The summed E-state index contributed by atoms with van der Waals surface area (Å²) in [4.78, 5) is 11.2. The lowest BCUT2D eigenvalue weighted by atomic mass is 10.0. The van der Waals surface area contributed by atoms with Crippen molar-refractivity contribution in [3.05, 3.63) is 70.8 Å². The number of aliphatic hydroxyl groups is 1. The second kappa shape index (κ2) is 10.9. The number of aliphatic hydroxyl groups excluding tert-OH is 1. The SMILES string of the molecule is CC(=O)NCc1ccc([C@H]2O[C@@H](CSc3nnnn3C)C[C@@H](c3ccc(CO)cc3)O2)cc1. The van der Waals surface area contributed by atoms with Crippen LogP contribution in [0.1, 0.15) is 48.0 Å². The molecule has 2 heterocycles. The van der Waals surface area contributed by atoms with Crippen molar-refractivity contribution in [1.29, 1.82) is 0 Å². The van der Waals surface area contributed by atoms with Gasteiger partial charge < -0.3 is 19.9 Å². The molecule has 0 saturated carbocycles. The fourth-order valence-corrected chi connectivity index (χ4v) is 4.42. The highest BCUT2D eigenvalue weighted by Crippen LogP contribution is 2.39. The zero-order chi connectivity index (χ0) is 23.2. The van der Waals surface area contributed by atoms with Gasteiger partial charge in [0, 0.05) is 38.3 Å². The van der Waals surface area contributed by atoms with Crippen molar-refractivity contribution >= 4 is 17.7 Å². The van der Waals surface area contributed by atoms with Crippen LogP contribution in [0.25, 0.3) is 0 Å². The summed E-state index contributed by atoms with van der Waals surface area (Å²) in [6.07, 6.45) is -0.0708. The topological polar surface area (TPSA) is 111 Å². The summed E-state index contributed by atoms with van der Waals surface area (Å²) in [5.74, 6) is 0.617. The van der Waals surface area contributed by atoms with E-state index in [0.29, 0.717) is 18.7 Å². The number of tetrazole rings is 1. The number of thioether (sulfide) groups is 1. The maximum absolute atomic E-state index is 11.2. The number of carbonyl (C=O) groups excluding carboxylic acids is 1. The second-order valence-corrected chi connectivity index (χ2v) is 8.88. The Morgan fingerprint density at radius 1 is 1.12 bits per heavy atom. The molecule has 2 N–H and O–H groups in total. The van der Waals surface area contributed by atoms with Gasteiger partial charge in [-0.2, -0.15) is 0 Å². The molecule has 4 rings (SSSR count). The number of hydrogen-bond donors (Lipinski definition) is 2. The van der Waals surface area contributed by atoms with Crippen LogP contribution in [-0.4, -0.2) is 43.1 Å². The van der Waals surface area contributed by atoms with Crippen molar-refractivity contribution in [2.24, 2.45) is 7.05 Å². The van der Waals surface area contributed by atoms with Crippen molar-refractivity contribution in [2.45, 2.75) is 50.2 Å². The molecule has 0 radical (unpaired) electrons. The zero-order valence-electron chi connectivity index (χ0n) is 18.5. The average Bonchev–Trinajstić information content (AvgIpc) is 3.26. The molecule has 33 heavy (non-hydrogen) atoms. The first-order valence-electron chi connectivity index (χ1n) is 10.7. The molecule has 3 atom stereocenters. The van der Waals surface area contributed by atoms with E-state index in [-0.39, 0.29) is 24.7 Å². The third-order valence-corrected chi connectivity index (χ3v) is 6.53. The minimum Gasteiger partial charge on any atom is -0.392 e. The molecule has 1 aliphatic rings. The largest absolute Gasteiger partial charge is 0.392 e. The monoisotopic (exact) mass is 469 g/mol. The van der Waals surface area contributed by atoms with Gasteiger partial charge >= 0.3 is 0 Å². The first-order valence-corrected chi connectivity index (χ1v) is 11.7. The van der Waals surface area contributed by atoms with Crippen LogP contribution in [-0.2, 0) is 34.5 Å². The highest BCUT2D eigenvalue weighted by molar-refractivity contribution is 7.99. The van der Waals surface area contributed by atoms with Crippen LogP contribution in [0, 0.1) is 0 Å². The lowest BCUT2D eigenvalue weighted by molar-refractivity contribution is -0.245. The van der Waals surface area contributed by atoms with Gasteiger partial charge in [0.1, 0.15) is 0 Å². The number of aryl methyl sites for hydroxylation is 1. The van der Waals surface area contributed by atoms with E-state index >= 15 is 0 Å². The van der Waals surface area contributed by atoms with Gasteiger partial charge in [-0.15, -0.1) is 5.10 Å². The van der Waals surface area contributed by atoms with Crippen molar-refractivity contribution in [2.75, 3.05) is 5.75 Å². The Morgan fingerprint density at radius 3 is 2.45 bits per heavy atom. The van der Waals surface area contributed by atoms with Gasteiger partial charge in [0.25, 0.3) is 0 Å². The number of nitrogens with zero attached hydrogens (tertiary/aromatic N) is 4. The lowest BCUT2D eigenvalue weighted by Crippen LogP contribution is -2.31. The van der Waals surface area contributed by atoms with Gasteiger partial charge in [0.05, 0.1) is 18.8 Å². The molecule has 0 aliphatic carbocycles. The minimum absolute atomic E-state index is 0.00732. The summed E-state index contributed by atoms with van der Waals surface area (Å²) in [7, 11) is 1.81. The van der Waals surface area contributed by atoms with Crippen LogP contribution in [0.3, 0.4) is 0 Å². The molecule has 1 saturated heterocycles. The number of aromatic nitrogens is 4. The Morgan fingerprint density at radius 2 is 1.82 bits per heavy atom. The number of amides is 1. The first kappa shape index (κ1) is 23.4. The third-order valence-electron chi connectivity index (χ3n) is 5.39. The number of rotatable bonds is 8. The van der Waals surface area contributed by atoms with Crippen LogP contribution in [0.4, 0.5) is 0 Å². The van der Waals surface area contributed by atoms with Crippen molar-refractivity contribution in [1.82, 2.24) is 25.5 Å². The molecule has 2 aromatic carbocycles. The summed E-state index contributed by atoms with van der Waals surface area (Å²) in [6, 6.07) is 15.7. The van der Waals surface area contributed by atoms with E-state index in [1.165, 1.54) is 6.92 Å². The number of benzene rings is 2. The van der Waals surface area contributed by atoms with Gasteiger partial charge in [0.2, 0.25) is 11.1 Å². The standard InChI is InChI=1S/C23H27N5O4S/c1-15(30)24-12-16-3-9-19(10-4-16)22-31-20(14-33-23-25-26-27-28(23)2)11-21(32-22)18-7-5-17(13-29)6-8-18/h3-10,20-22,29H,11-14H2,1-2H3,(H,24,30)/t20-,21+,22+/m1/s1. The predicted molar refractivity (Wildman–Crippen MR) is 122 cm³/mol. The van der Waals surface area contributed by atoms with Gasteiger partial charge in [-0.25, -0.2) is 4.68 Å². The highest BCUT2D eigenvalue weighted by Gasteiger charge is 2.32. The Kier molecular flexibility index (Phi) is 7.71. The maximum atomic E-state index is 11.2. The lowest BCUT2D eigenvalue weighted by Gasteiger charge is -2.36. The summed E-state index contributed by atoms with van der Waals surface area (Å²) >= 11 is 1.55. The molecule has 0 unspecified atom stereocenters. The van der Waals surface area contributed by atoms with Crippen LogP contribution < -0.4 is 5.32 Å². The highest BCUT2D eigenvalue weighted by atomic mass is 32.2. The van der Waals surface area contributed by atoms with Crippen molar-refractivity contribution in [3.8, 4) is 0 Å². The molecule has 1 fully saturated rings. The van der Waals surface area contributed by atoms with E-state index < -0.39 is 6.29 Å². The van der Waals surface area contributed by atoms with Crippen molar-refractivity contribution in [3.63, 3.8) is 0 Å². The molecule has 9 nitrogen and oxygen atoms in total. The molecule has 1 amide bonds. The van der Waals surface area contributed by atoms with E-state index in [2.05, 4.69) is 20.8 Å². The van der Waals surface area contributed by atoms with E-state index in [1.54, 1.807) is 16.4 Å². The fraction of sp³-hybridized carbons (Fsp3) is 0.391. The Labute approximate surface area is 196 Å². The minimum atomic E-state index is -0.528. The molecule has 0 spiro atoms. The summed E-state index contributed by atoms with van der Waals surface area (Å²) in [5, 5.41) is 24.5. The molecule has 3 aromatic rings. The fourth-order valence-electron chi connectivity index (χ4n) is 3.55. The quantitative estimate of drug-likeness (QED) is 0.485. The molecule has 1 aliphatic heterocycles. The Bertz CT molecular complexity index is 1060. The normalized spacial score (nSPS) is 20.5. The van der Waals surface area contributed by atoms with E-state index in [1.807, 2.05) is 55.6 Å². The molecular formula is C23H27N5O4S. The van der Waals surface area contributed by atoms with Crippen LogP contribution in [0.15, 0.2) is 53.7 Å². The Balaban J connectivity index is 1.50. The molecule has 10 heteroatoms. The summed E-state index contributed by atoms with van der Waals surface area (Å²) < 4.78 is 14.3. The molecule has 0 bridgehead atoms. The van der Waals surface area contributed by atoms with E-state index in [0.717, 1.165) is 27.4 Å². The molecule has 1 aromatic heterocycles. The van der Waals surface area contributed by atoms with Gasteiger partial charge in [-0.3, -0.25) is 4.79 Å². The van der Waals surface area contributed by atoms with Gasteiger partial charge in [-0.05, 0) is 27.1 Å². The summed E-state index contributed by atoms with van der Waals surface area (Å²) in [5.41, 5.74) is 3.81. The van der Waals surface area contributed by atoms with Crippen LogP contribution in [0.2, 0.25) is 0 Å². The first-order chi connectivity index (χ1) is 16.0. The third kappa shape index (κ3) is 6.17. The number of nitrogens with one attached hydrogen (secondary N) is 1. The summed E-state index contributed by atoms with van der Waals surface area (Å²) in [6.45, 7) is 1.99. The van der Waals surface area contributed by atoms with Crippen molar-refractivity contribution < 1.29 is 19.4 Å². The van der Waals surface area contributed by atoms with Crippen LogP contribution in [0.5, 0.6) is 0 Å². The molecular weight excluding hydrogens is 442 g/mol. The number of hydrogen-bond acceptors (Lipinski definition) is 8. The number of ether oxygens (including phenoxy) is 2. The smallest absolute Gasteiger partial charge is 0.217 e. The second-order valence-electron chi connectivity index (χ2n) is 7.90. The predicted octanol–water partition coefficient (Wildman–Crippen LogP) is 2.68. The van der Waals surface area contributed by atoms with Gasteiger partial charge in [-0.1, -0.05) is 60.3 Å². The van der Waals surface area contributed by atoms with Crippen LogP contribution >= 0.6 is 11.8 Å². The maximum Gasteiger partial charge on any atom is 0.217 e. The zero-order valence-corrected chi connectivity index (χ0v) is 19.4. The Hall–Kier alpha value is -2.79.